The summed E-state index contributed by atoms with van der Waals surface area (Å²) in [6.45, 7) is 0. The smallest absolute Gasteiger partial charge is 0.270 e. The molecule has 0 spiro atoms. The van der Waals surface area contributed by atoms with Crippen molar-refractivity contribution in [3.8, 4) is 0 Å². The standard InChI is InChI=1S/C5H5N5.C3H4N4O/c6-4-3-5(9-1-7-3)10-2-8-4;4-3(8)2-1-5-7-6-2/h1-2H,(H3,6,7,8,9,10);1H,(H2,4,8)(H,5,6,7). The molecule has 0 radical (unpaired) electrons. The van der Waals surface area contributed by atoms with Crippen LogP contribution in [0.2, 0.25) is 0 Å². The number of carbonyl (C=O) groups excluding carboxylic acids is 1. The molecule has 0 saturated carbocycles. The fourth-order valence-corrected chi connectivity index (χ4v) is 1.10. The number of hydrogen-bond donors (Lipinski definition) is 4. The minimum atomic E-state index is -0.571. The molecule has 0 fully saturated rings. The number of carbonyl (C=O) groups is 1. The van der Waals surface area contributed by atoms with Crippen molar-refractivity contribution >= 4 is 22.9 Å². The first-order valence-corrected chi connectivity index (χ1v) is 4.73. The lowest BCUT2D eigenvalue weighted by Gasteiger charge is -1.89. The van der Waals surface area contributed by atoms with Crippen LogP contribution >= 0.6 is 0 Å². The summed E-state index contributed by atoms with van der Waals surface area (Å²) >= 11 is 0. The Bertz CT molecular complexity index is 643. The molecular formula is C8H9N9O. The summed E-state index contributed by atoms with van der Waals surface area (Å²) in [6.07, 6.45) is 4.19. The van der Waals surface area contributed by atoms with Gasteiger partial charge in [-0.25, -0.2) is 15.0 Å². The van der Waals surface area contributed by atoms with E-state index in [9.17, 15) is 4.79 Å². The molecule has 3 rings (SSSR count). The average molecular weight is 247 g/mol. The highest BCUT2D eigenvalue weighted by Gasteiger charge is 1.99. The molecule has 1 amide bonds. The van der Waals surface area contributed by atoms with Crippen molar-refractivity contribution in [2.24, 2.45) is 5.73 Å². The Kier molecular flexibility index (Phi) is 3.09. The molecule has 0 saturated heterocycles. The van der Waals surface area contributed by atoms with E-state index in [4.69, 9.17) is 11.5 Å². The molecule has 18 heavy (non-hydrogen) atoms. The van der Waals surface area contributed by atoms with Gasteiger partial charge in [-0.2, -0.15) is 15.4 Å². The van der Waals surface area contributed by atoms with Gasteiger partial charge >= 0.3 is 0 Å². The maximum Gasteiger partial charge on any atom is 0.270 e. The first-order valence-electron chi connectivity index (χ1n) is 4.73. The second kappa shape index (κ2) is 4.86. The predicted octanol–water partition coefficient (Wildman–Crippen LogP) is -1.16. The van der Waals surface area contributed by atoms with E-state index >= 15 is 0 Å². The Morgan fingerprint density at radius 3 is 2.67 bits per heavy atom. The molecule has 0 aliphatic rings. The van der Waals surface area contributed by atoms with E-state index in [1.807, 2.05) is 0 Å². The quantitative estimate of drug-likeness (QED) is 0.420. The number of aromatic nitrogens is 7. The van der Waals surface area contributed by atoms with Crippen LogP contribution in [0.1, 0.15) is 10.5 Å². The van der Waals surface area contributed by atoms with Crippen LogP contribution in [0.15, 0.2) is 18.9 Å². The molecule has 10 nitrogen and oxygen atoms in total. The number of nitrogens with two attached hydrogens (primary N) is 2. The van der Waals surface area contributed by atoms with Gasteiger partial charge in [-0.1, -0.05) is 0 Å². The predicted molar refractivity (Wildman–Crippen MR) is 61.0 cm³/mol. The molecule has 3 aromatic rings. The van der Waals surface area contributed by atoms with Gasteiger partial charge in [0.15, 0.2) is 17.2 Å². The molecular weight excluding hydrogens is 238 g/mol. The van der Waals surface area contributed by atoms with Crippen LogP contribution in [0.4, 0.5) is 5.82 Å². The SMILES string of the molecule is NC(=O)c1cn[nH]n1.Nc1ncnc2nc[nH]c12. The number of fused-ring (bicyclic) bond motifs is 1. The third kappa shape index (κ3) is 2.37. The Morgan fingerprint density at radius 2 is 2.11 bits per heavy atom. The van der Waals surface area contributed by atoms with E-state index in [2.05, 4.69) is 35.3 Å². The molecule has 92 valence electrons. The fraction of sp³-hybridized carbons (Fsp3) is 0. The number of aromatic amines is 2. The van der Waals surface area contributed by atoms with Crippen molar-refractivity contribution in [3.05, 3.63) is 24.5 Å². The summed E-state index contributed by atoms with van der Waals surface area (Å²) in [5.41, 5.74) is 11.7. The van der Waals surface area contributed by atoms with E-state index in [0.717, 1.165) is 0 Å². The van der Waals surface area contributed by atoms with Gasteiger partial charge in [0.2, 0.25) is 0 Å². The number of H-pyrrole nitrogens is 2. The van der Waals surface area contributed by atoms with Gasteiger partial charge in [-0.05, 0) is 0 Å². The summed E-state index contributed by atoms with van der Waals surface area (Å²) < 4.78 is 0. The van der Waals surface area contributed by atoms with Crippen molar-refractivity contribution in [2.45, 2.75) is 0 Å². The maximum absolute atomic E-state index is 10.2. The van der Waals surface area contributed by atoms with E-state index in [-0.39, 0.29) is 5.69 Å². The summed E-state index contributed by atoms with van der Waals surface area (Å²) in [7, 11) is 0. The normalized spacial score (nSPS) is 9.78. The van der Waals surface area contributed by atoms with Crippen LogP contribution in [-0.2, 0) is 0 Å². The van der Waals surface area contributed by atoms with Gasteiger partial charge in [0.25, 0.3) is 5.91 Å². The van der Waals surface area contributed by atoms with E-state index in [1.54, 1.807) is 0 Å². The number of amides is 1. The minimum absolute atomic E-state index is 0.157. The average Bonchev–Trinajstić information content (AvgIpc) is 3.02. The maximum atomic E-state index is 10.2. The van der Waals surface area contributed by atoms with Crippen molar-refractivity contribution < 1.29 is 4.79 Å². The second-order valence-electron chi connectivity index (χ2n) is 3.08. The largest absolute Gasteiger partial charge is 0.382 e. The third-order valence-electron chi connectivity index (χ3n) is 1.92. The van der Waals surface area contributed by atoms with E-state index in [1.165, 1.54) is 18.9 Å². The van der Waals surface area contributed by atoms with Crippen LogP contribution < -0.4 is 11.5 Å². The lowest BCUT2D eigenvalue weighted by Crippen LogP contribution is -2.10. The number of hydrogen-bond acceptors (Lipinski definition) is 7. The lowest BCUT2D eigenvalue weighted by atomic mass is 10.5. The Balaban J connectivity index is 0.000000138. The van der Waals surface area contributed by atoms with Crippen molar-refractivity contribution in [1.82, 2.24) is 35.3 Å². The molecule has 0 unspecified atom stereocenters. The number of nitrogen functional groups attached to an aromatic ring is 1. The fourth-order valence-electron chi connectivity index (χ4n) is 1.10. The van der Waals surface area contributed by atoms with Crippen molar-refractivity contribution in [1.29, 1.82) is 0 Å². The zero-order valence-corrected chi connectivity index (χ0v) is 9.03. The molecule has 0 aliphatic carbocycles. The second-order valence-corrected chi connectivity index (χ2v) is 3.08. The van der Waals surface area contributed by atoms with Crippen LogP contribution in [0.25, 0.3) is 11.2 Å². The number of imidazole rings is 1. The molecule has 0 aromatic carbocycles. The van der Waals surface area contributed by atoms with Crippen molar-refractivity contribution in [2.75, 3.05) is 5.73 Å². The molecule has 3 heterocycles. The summed E-state index contributed by atoms with van der Waals surface area (Å²) in [4.78, 5) is 24.5. The summed E-state index contributed by atoms with van der Waals surface area (Å²) in [6, 6.07) is 0. The molecule has 0 aliphatic heterocycles. The van der Waals surface area contributed by atoms with E-state index < -0.39 is 5.91 Å². The van der Waals surface area contributed by atoms with Gasteiger partial charge in [0.05, 0.1) is 12.5 Å². The van der Waals surface area contributed by atoms with Crippen LogP contribution in [0.3, 0.4) is 0 Å². The Hall–Kier alpha value is -3.04. The molecule has 0 atom stereocenters. The Labute approximate surface area is 99.8 Å². The first-order chi connectivity index (χ1) is 8.68. The zero-order chi connectivity index (χ0) is 13.0. The van der Waals surface area contributed by atoms with Gasteiger partial charge < -0.3 is 16.5 Å². The number of primary amides is 1. The number of nitrogens with one attached hydrogen (secondary N) is 2. The monoisotopic (exact) mass is 247 g/mol. The third-order valence-corrected chi connectivity index (χ3v) is 1.92. The first kappa shape index (κ1) is 11.4. The number of rotatable bonds is 1. The summed E-state index contributed by atoms with van der Waals surface area (Å²) in [5.74, 6) is -0.138. The summed E-state index contributed by atoms with van der Waals surface area (Å²) in [5, 5.41) is 9.02. The van der Waals surface area contributed by atoms with Gasteiger partial charge in [-0.3, -0.25) is 4.79 Å². The van der Waals surface area contributed by atoms with Crippen LogP contribution in [0.5, 0.6) is 0 Å². The molecule has 0 bridgehead atoms. The van der Waals surface area contributed by atoms with Crippen LogP contribution in [-0.4, -0.2) is 41.3 Å². The highest BCUT2D eigenvalue weighted by molar-refractivity contribution is 5.90. The zero-order valence-electron chi connectivity index (χ0n) is 9.03. The lowest BCUT2D eigenvalue weighted by molar-refractivity contribution is 0.0995. The number of nitrogens with zero attached hydrogens (tertiary/aromatic N) is 5. The van der Waals surface area contributed by atoms with Crippen molar-refractivity contribution in [3.63, 3.8) is 0 Å². The topological polar surface area (TPSA) is 165 Å². The highest BCUT2D eigenvalue weighted by atomic mass is 16.1. The number of anilines is 1. The highest BCUT2D eigenvalue weighted by Crippen LogP contribution is 2.09. The molecule has 10 heteroatoms. The van der Waals surface area contributed by atoms with Gasteiger partial charge in [0, 0.05) is 0 Å². The van der Waals surface area contributed by atoms with Gasteiger partial charge in [0.1, 0.15) is 11.8 Å². The minimum Gasteiger partial charge on any atom is -0.382 e. The van der Waals surface area contributed by atoms with Crippen LogP contribution in [0, 0.1) is 0 Å². The van der Waals surface area contributed by atoms with E-state index in [0.29, 0.717) is 17.0 Å². The van der Waals surface area contributed by atoms with Gasteiger partial charge in [-0.15, -0.1) is 0 Å². The molecule has 6 N–H and O–H groups in total. The molecule has 3 aromatic heterocycles. The Morgan fingerprint density at radius 1 is 1.28 bits per heavy atom.